The summed E-state index contributed by atoms with van der Waals surface area (Å²) in [7, 11) is 0. The first-order valence-corrected chi connectivity index (χ1v) is 7.94. The summed E-state index contributed by atoms with van der Waals surface area (Å²) in [6, 6.07) is 10.9. The maximum atomic E-state index is 13.3. The van der Waals surface area contributed by atoms with Crippen molar-refractivity contribution < 1.29 is 13.7 Å². The van der Waals surface area contributed by atoms with Crippen molar-refractivity contribution in [1.82, 2.24) is 24.8 Å². The van der Waals surface area contributed by atoms with E-state index in [1.54, 1.807) is 29.7 Å². The minimum absolute atomic E-state index is 0.223. The lowest BCUT2D eigenvalue weighted by Crippen LogP contribution is -2.27. The summed E-state index contributed by atoms with van der Waals surface area (Å²) < 4.78 is 20.3. The van der Waals surface area contributed by atoms with Gasteiger partial charge in [-0.25, -0.2) is 9.37 Å². The van der Waals surface area contributed by atoms with Crippen LogP contribution in [0.4, 0.5) is 4.39 Å². The predicted molar refractivity (Wildman–Crippen MR) is 90.8 cm³/mol. The number of amides is 1. The van der Waals surface area contributed by atoms with Gasteiger partial charge in [0.15, 0.2) is 0 Å². The standard InChI is InChI=1S/C18H14FN5O2/c1-11(18-22-16(23-26-18)12-5-4-6-13(19)9-12)20-17(25)14-10-24-8-3-2-7-15(24)21-14/h2-11H,1H3,(H,20,25). The van der Waals surface area contributed by atoms with Crippen LogP contribution in [0.1, 0.15) is 29.3 Å². The van der Waals surface area contributed by atoms with Gasteiger partial charge in [0.2, 0.25) is 11.7 Å². The molecule has 130 valence electrons. The summed E-state index contributed by atoms with van der Waals surface area (Å²) in [5.74, 6) is -0.261. The van der Waals surface area contributed by atoms with E-state index >= 15 is 0 Å². The molecule has 0 aliphatic rings. The lowest BCUT2D eigenvalue weighted by atomic mass is 10.2. The van der Waals surface area contributed by atoms with Crippen molar-refractivity contribution in [2.45, 2.75) is 13.0 Å². The smallest absolute Gasteiger partial charge is 0.272 e. The molecule has 3 heterocycles. The molecule has 0 radical (unpaired) electrons. The van der Waals surface area contributed by atoms with Crippen molar-refractivity contribution in [3.8, 4) is 11.4 Å². The lowest BCUT2D eigenvalue weighted by molar-refractivity contribution is 0.0928. The molecule has 1 atom stereocenters. The zero-order valence-corrected chi connectivity index (χ0v) is 13.8. The Morgan fingerprint density at radius 1 is 1.23 bits per heavy atom. The number of aromatic nitrogens is 4. The molecule has 0 saturated carbocycles. The van der Waals surface area contributed by atoms with E-state index in [1.807, 2.05) is 24.4 Å². The van der Waals surface area contributed by atoms with Crippen molar-refractivity contribution in [3.05, 3.63) is 72.3 Å². The summed E-state index contributed by atoms with van der Waals surface area (Å²) >= 11 is 0. The van der Waals surface area contributed by atoms with Gasteiger partial charge < -0.3 is 14.2 Å². The summed E-state index contributed by atoms with van der Waals surface area (Å²) in [5.41, 5.74) is 1.46. The Morgan fingerprint density at radius 3 is 2.92 bits per heavy atom. The fourth-order valence-electron chi connectivity index (χ4n) is 2.53. The summed E-state index contributed by atoms with van der Waals surface area (Å²) in [4.78, 5) is 20.9. The molecule has 4 rings (SSSR count). The Morgan fingerprint density at radius 2 is 2.12 bits per heavy atom. The Hall–Kier alpha value is -3.55. The van der Waals surface area contributed by atoms with Gasteiger partial charge >= 0.3 is 0 Å². The van der Waals surface area contributed by atoms with Gasteiger partial charge in [-0.1, -0.05) is 23.4 Å². The molecule has 8 heteroatoms. The first-order chi connectivity index (χ1) is 12.6. The number of carbonyl (C=O) groups is 1. The number of fused-ring (bicyclic) bond motifs is 1. The zero-order valence-electron chi connectivity index (χ0n) is 13.8. The number of carbonyl (C=O) groups excluding carboxylic acids is 1. The van der Waals surface area contributed by atoms with Crippen LogP contribution in [0, 0.1) is 5.82 Å². The van der Waals surface area contributed by atoms with Crippen LogP contribution in [0.15, 0.2) is 59.4 Å². The van der Waals surface area contributed by atoms with E-state index < -0.39 is 6.04 Å². The molecule has 1 unspecified atom stereocenters. The van der Waals surface area contributed by atoms with Crippen LogP contribution in [-0.4, -0.2) is 25.4 Å². The van der Waals surface area contributed by atoms with Gasteiger partial charge in [0.25, 0.3) is 5.91 Å². The zero-order chi connectivity index (χ0) is 18.1. The maximum absolute atomic E-state index is 13.3. The molecular weight excluding hydrogens is 337 g/mol. The monoisotopic (exact) mass is 351 g/mol. The van der Waals surface area contributed by atoms with Crippen LogP contribution in [0.25, 0.3) is 17.0 Å². The lowest BCUT2D eigenvalue weighted by Gasteiger charge is -2.07. The second kappa shape index (κ2) is 6.40. The van der Waals surface area contributed by atoms with E-state index in [1.165, 1.54) is 12.1 Å². The van der Waals surface area contributed by atoms with E-state index in [-0.39, 0.29) is 29.1 Å². The molecule has 0 spiro atoms. The molecule has 1 amide bonds. The highest BCUT2D eigenvalue weighted by Crippen LogP contribution is 2.19. The second-order valence-electron chi connectivity index (χ2n) is 5.75. The molecule has 0 aliphatic carbocycles. The summed E-state index contributed by atoms with van der Waals surface area (Å²) in [5, 5.41) is 6.60. The third kappa shape index (κ3) is 3.04. The molecule has 0 saturated heterocycles. The highest BCUT2D eigenvalue weighted by molar-refractivity contribution is 5.93. The van der Waals surface area contributed by atoms with Crippen molar-refractivity contribution in [1.29, 1.82) is 0 Å². The van der Waals surface area contributed by atoms with E-state index in [4.69, 9.17) is 4.52 Å². The third-order valence-electron chi connectivity index (χ3n) is 3.84. The summed E-state index contributed by atoms with van der Waals surface area (Å²) in [6.07, 6.45) is 3.45. The highest BCUT2D eigenvalue weighted by atomic mass is 19.1. The van der Waals surface area contributed by atoms with Crippen molar-refractivity contribution in [2.24, 2.45) is 0 Å². The van der Waals surface area contributed by atoms with Gasteiger partial charge in [0.1, 0.15) is 23.2 Å². The van der Waals surface area contributed by atoms with Gasteiger partial charge in [0.05, 0.1) is 0 Å². The maximum Gasteiger partial charge on any atom is 0.272 e. The van der Waals surface area contributed by atoms with E-state index in [0.717, 1.165) is 0 Å². The molecule has 26 heavy (non-hydrogen) atoms. The average Bonchev–Trinajstić information content (AvgIpc) is 3.29. The number of halogens is 1. The minimum Gasteiger partial charge on any atom is -0.339 e. The first-order valence-electron chi connectivity index (χ1n) is 7.94. The SMILES string of the molecule is CC(NC(=O)c1cn2ccccc2n1)c1nc(-c2cccc(F)c2)no1. The topological polar surface area (TPSA) is 85.3 Å². The molecule has 3 aromatic heterocycles. The Bertz CT molecular complexity index is 1050. The van der Waals surface area contributed by atoms with Crippen LogP contribution in [0.3, 0.4) is 0 Å². The van der Waals surface area contributed by atoms with Gasteiger partial charge in [-0.15, -0.1) is 0 Å². The van der Waals surface area contributed by atoms with Crippen molar-refractivity contribution in [3.63, 3.8) is 0 Å². The van der Waals surface area contributed by atoms with Gasteiger partial charge in [-0.05, 0) is 31.2 Å². The number of hydrogen-bond donors (Lipinski definition) is 1. The van der Waals surface area contributed by atoms with Crippen LogP contribution >= 0.6 is 0 Å². The second-order valence-corrected chi connectivity index (χ2v) is 5.75. The van der Waals surface area contributed by atoms with Crippen LogP contribution < -0.4 is 5.32 Å². The normalized spacial score (nSPS) is 12.2. The number of rotatable bonds is 4. The Kier molecular flexibility index (Phi) is 3.92. The molecule has 0 aliphatic heterocycles. The van der Waals surface area contributed by atoms with Crippen LogP contribution in [0.2, 0.25) is 0 Å². The number of nitrogens with zero attached hydrogens (tertiary/aromatic N) is 4. The molecule has 1 aromatic carbocycles. The fourth-order valence-corrected chi connectivity index (χ4v) is 2.53. The van der Waals surface area contributed by atoms with Gasteiger partial charge in [0, 0.05) is 18.0 Å². The first kappa shape index (κ1) is 15.9. The molecule has 7 nitrogen and oxygen atoms in total. The van der Waals surface area contributed by atoms with Crippen LogP contribution in [-0.2, 0) is 0 Å². The minimum atomic E-state index is -0.526. The summed E-state index contributed by atoms with van der Waals surface area (Å²) in [6.45, 7) is 1.72. The fraction of sp³-hybridized carbons (Fsp3) is 0.111. The number of hydrogen-bond acceptors (Lipinski definition) is 5. The van der Waals surface area contributed by atoms with Gasteiger partial charge in [-0.2, -0.15) is 4.98 Å². The number of imidazole rings is 1. The largest absolute Gasteiger partial charge is 0.339 e. The Labute approximate surface area is 147 Å². The van der Waals surface area contributed by atoms with Crippen molar-refractivity contribution in [2.75, 3.05) is 0 Å². The number of nitrogens with one attached hydrogen (secondary N) is 1. The molecular formula is C18H14FN5O2. The quantitative estimate of drug-likeness (QED) is 0.611. The third-order valence-corrected chi connectivity index (χ3v) is 3.84. The predicted octanol–water partition coefficient (Wildman–Crippen LogP) is 3.01. The molecule has 4 aromatic rings. The number of benzene rings is 1. The molecule has 0 bridgehead atoms. The van der Waals surface area contributed by atoms with Crippen molar-refractivity contribution >= 4 is 11.6 Å². The Balaban J connectivity index is 1.51. The van der Waals surface area contributed by atoms with Crippen LogP contribution in [0.5, 0.6) is 0 Å². The highest BCUT2D eigenvalue weighted by Gasteiger charge is 2.19. The van der Waals surface area contributed by atoms with E-state index in [0.29, 0.717) is 11.2 Å². The van der Waals surface area contributed by atoms with E-state index in [2.05, 4.69) is 20.4 Å². The van der Waals surface area contributed by atoms with E-state index in [9.17, 15) is 9.18 Å². The molecule has 1 N–H and O–H groups in total. The van der Waals surface area contributed by atoms with Gasteiger partial charge in [-0.3, -0.25) is 4.79 Å². The average molecular weight is 351 g/mol. The number of pyridine rings is 1. The molecule has 0 fully saturated rings.